The fourth-order valence-corrected chi connectivity index (χ4v) is 2.81. The van der Waals surface area contributed by atoms with Gasteiger partial charge in [-0.15, -0.1) is 0 Å². The van der Waals surface area contributed by atoms with Crippen molar-refractivity contribution < 1.29 is 9.59 Å². The first-order chi connectivity index (χ1) is 10.1. The van der Waals surface area contributed by atoms with Gasteiger partial charge in [0, 0.05) is 31.8 Å². The molecule has 1 aromatic carbocycles. The topological polar surface area (TPSA) is 49.4 Å². The van der Waals surface area contributed by atoms with Crippen molar-refractivity contribution in [2.45, 2.75) is 38.5 Å². The summed E-state index contributed by atoms with van der Waals surface area (Å²) < 4.78 is 0. The Morgan fingerprint density at radius 3 is 2.33 bits per heavy atom. The van der Waals surface area contributed by atoms with Crippen molar-refractivity contribution in [3.05, 3.63) is 29.8 Å². The van der Waals surface area contributed by atoms with Crippen molar-refractivity contribution in [2.75, 3.05) is 19.4 Å². The number of carbonyl (C=O) groups excluding carboxylic acids is 2. The lowest BCUT2D eigenvalue weighted by molar-refractivity contribution is -0.116. The maximum atomic E-state index is 11.9. The molecule has 0 unspecified atom stereocenters. The van der Waals surface area contributed by atoms with E-state index in [1.54, 1.807) is 38.4 Å². The molecule has 0 atom stereocenters. The Bertz CT molecular complexity index is 488. The van der Waals surface area contributed by atoms with Gasteiger partial charge in [-0.25, -0.2) is 0 Å². The van der Waals surface area contributed by atoms with E-state index in [0.29, 0.717) is 12.0 Å². The van der Waals surface area contributed by atoms with E-state index in [4.69, 9.17) is 0 Å². The third kappa shape index (κ3) is 4.59. The Morgan fingerprint density at radius 1 is 1.14 bits per heavy atom. The van der Waals surface area contributed by atoms with Crippen LogP contribution in [0.4, 0.5) is 5.69 Å². The molecule has 1 aliphatic carbocycles. The molecule has 2 amide bonds. The molecule has 0 aromatic heterocycles. The molecule has 0 spiro atoms. The zero-order valence-electron chi connectivity index (χ0n) is 12.9. The third-order valence-corrected chi connectivity index (χ3v) is 4.08. The standard InChI is InChI=1S/C17H24N2O2/c1-19(2)17(21)14-8-10-15(11-9-14)18-16(20)12-7-13-5-3-4-6-13/h8-11,13H,3-7,12H2,1-2H3,(H,18,20). The minimum Gasteiger partial charge on any atom is -0.345 e. The predicted octanol–water partition coefficient (Wildman–Crippen LogP) is 3.30. The highest BCUT2D eigenvalue weighted by atomic mass is 16.2. The SMILES string of the molecule is CN(C)C(=O)c1ccc(NC(=O)CCC2CCCC2)cc1. The molecule has 1 N–H and O–H groups in total. The number of amides is 2. The van der Waals surface area contributed by atoms with Gasteiger partial charge in [0.1, 0.15) is 0 Å². The molecule has 4 heteroatoms. The van der Waals surface area contributed by atoms with Gasteiger partial charge in [-0.05, 0) is 36.6 Å². The van der Waals surface area contributed by atoms with E-state index in [1.807, 2.05) is 0 Å². The Kier molecular flexibility index (Phi) is 5.37. The van der Waals surface area contributed by atoms with Gasteiger partial charge in [0.05, 0.1) is 0 Å². The zero-order valence-corrected chi connectivity index (χ0v) is 12.9. The lowest BCUT2D eigenvalue weighted by atomic mass is 10.0. The van der Waals surface area contributed by atoms with Crippen molar-refractivity contribution in [1.29, 1.82) is 0 Å². The number of anilines is 1. The molecule has 0 aliphatic heterocycles. The molecule has 4 nitrogen and oxygen atoms in total. The van der Waals surface area contributed by atoms with Crippen LogP contribution in [-0.4, -0.2) is 30.8 Å². The summed E-state index contributed by atoms with van der Waals surface area (Å²) in [5, 5.41) is 2.90. The normalized spacial score (nSPS) is 15.0. The molecule has 0 saturated heterocycles. The van der Waals surface area contributed by atoms with Gasteiger partial charge in [0.25, 0.3) is 5.91 Å². The maximum absolute atomic E-state index is 11.9. The molecule has 1 saturated carbocycles. The van der Waals surface area contributed by atoms with Crippen LogP contribution < -0.4 is 5.32 Å². The summed E-state index contributed by atoms with van der Waals surface area (Å²) >= 11 is 0. The van der Waals surface area contributed by atoms with Crippen LogP contribution in [0.15, 0.2) is 24.3 Å². The summed E-state index contributed by atoms with van der Waals surface area (Å²) in [6.45, 7) is 0. The Morgan fingerprint density at radius 2 is 1.76 bits per heavy atom. The second-order valence-electron chi connectivity index (χ2n) is 6.01. The minimum absolute atomic E-state index is 0.0332. The lowest BCUT2D eigenvalue weighted by Crippen LogP contribution is -2.21. The molecule has 114 valence electrons. The predicted molar refractivity (Wildman–Crippen MR) is 84.3 cm³/mol. The molecule has 0 bridgehead atoms. The van der Waals surface area contributed by atoms with E-state index in [1.165, 1.54) is 30.6 Å². The first-order valence-corrected chi connectivity index (χ1v) is 7.68. The first kappa shape index (κ1) is 15.5. The highest BCUT2D eigenvalue weighted by Crippen LogP contribution is 2.28. The highest BCUT2D eigenvalue weighted by Gasteiger charge is 2.16. The van der Waals surface area contributed by atoms with Crippen molar-refractivity contribution in [3.63, 3.8) is 0 Å². The fourth-order valence-electron chi connectivity index (χ4n) is 2.81. The number of benzene rings is 1. The largest absolute Gasteiger partial charge is 0.345 e. The first-order valence-electron chi connectivity index (χ1n) is 7.68. The van der Waals surface area contributed by atoms with Crippen molar-refractivity contribution in [3.8, 4) is 0 Å². The summed E-state index contributed by atoms with van der Waals surface area (Å²) in [7, 11) is 3.45. The summed E-state index contributed by atoms with van der Waals surface area (Å²) in [6.07, 6.45) is 6.75. The van der Waals surface area contributed by atoms with Crippen LogP contribution >= 0.6 is 0 Å². The van der Waals surface area contributed by atoms with E-state index in [-0.39, 0.29) is 11.8 Å². The van der Waals surface area contributed by atoms with Crippen LogP contribution in [0.25, 0.3) is 0 Å². The number of nitrogens with zero attached hydrogens (tertiary/aromatic N) is 1. The smallest absolute Gasteiger partial charge is 0.253 e. The lowest BCUT2D eigenvalue weighted by Gasteiger charge is -2.11. The summed E-state index contributed by atoms with van der Waals surface area (Å²) in [5.41, 5.74) is 1.38. The maximum Gasteiger partial charge on any atom is 0.253 e. The van der Waals surface area contributed by atoms with Gasteiger partial charge >= 0.3 is 0 Å². The van der Waals surface area contributed by atoms with Crippen LogP contribution in [0.1, 0.15) is 48.9 Å². The van der Waals surface area contributed by atoms with Gasteiger partial charge < -0.3 is 10.2 Å². The van der Waals surface area contributed by atoms with Crippen LogP contribution in [0.3, 0.4) is 0 Å². The van der Waals surface area contributed by atoms with Gasteiger partial charge in [0.2, 0.25) is 5.91 Å². The summed E-state index contributed by atoms with van der Waals surface area (Å²) in [6, 6.07) is 7.05. The van der Waals surface area contributed by atoms with Crippen molar-refractivity contribution in [2.24, 2.45) is 5.92 Å². The second kappa shape index (κ2) is 7.25. The molecule has 1 aliphatic rings. The monoisotopic (exact) mass is 288 g/mol. The molecule has 0 heterocycles. The second-order valence-corrected chi connectivity index (χ2v) is 6.01. The molecule has 2 rings (SSSR count). The molecule has 1 fully saturated rings. The molecule has 21 heavy (non-hydrogen) atoms. The van der Waals surface area contributed by atoms with E-state index < -0.39 is 0 Å². The summed E-state index contributed by atoms with van der Waals surface area (Å²) in [5.74, 6) is 0.763. The molecule has 0 radical (unpaired) electrons. The number of nitrogens with one attached hydrogen (secondary N) is 1. The number of rotatable bonds is 5. The highest BCUT2D eigenvalue weighted by molar-refractivity contribution is 5.95. The average Bonchev–Trinajstić information content (AvgIpc) is 2.98. The van der Waals surface area contributed by atoms with Gasteiger partial charge in [-0.3, -0.25) is 9.59 Å². The van der Waals surface area contributed by atoms with Gasteiger partial charge in [0.15, 0.2) is 0 Å². The van der Waals surface area contributed by atoms with Crippen LogP contribution in [0.5, 0.6) is 0 Å². The van der Waals surface area contributed by atoms with Crippen LogP contribution in [0, 0.1) is 5.92 Å². The molecular formula is C17H24N2O2. The molecule has 1 aromatic rings. The Balaban J connectivity index is 1.82. The van der Waals surface area contributed by atoms with Gasteiger partial charge in [-0.1, -0.05) is 25.7 Å². The van der Waals surface area contributed by atoms with Crippen LogP contribution in [-0.2, 0) is 4.79 Å². The molecular weight excluding hydrogens is 264 g/mol. The number of hydrogen-bond donors (Lipinski definition) is 1. The van der Waals surface area contributed by atoms with Crippen LogP contribution in [0.2, 0.25) is 0 Å². The Labute approximate surface area is 126 Å². The Hall–Kier alpha value is -1.84. The minimum atomic E-state index is -0.0332. The van der Waals surface area contributed by atoms with Crippen molar-refractivity contribution >= 4 is 17.5 Å². The van der Waals surface area contributed by atoms with Gasteiger partial charge in [-0.2, -0.15) is 0 Å². The number of carbonyl (C=O) groups is 2. The van der Waals surface area contributed by atoms with E-state index in [0.717, 1.165) is 18.0 Å². The quantitative estimate of drug-likeness (QED) is 0.903. The third-order valence-electron chi connectivity index (χ3n) is 4.08. The van der Waals surface area contributed by atoms with E-state index in [9.17, 15) is 9.59 Å². The number of hydrogen-bond acceptors (Lipinski definition) is 2. The zero-order chi connectivity index (χ0) is 15.2. The summed E-state index contributed by atoms with van der Waals surface area (Å²) in [4.78, 5) is 25.2. The average molecular weight is 288 g/mol. The van der Waals surface area contributed by atoms with Crippen molar-refractivity contribution in [1.82, 2.24) is 4.90 Å². The fraction of sp³-hybridized carbons (Fsp3) is 0.529. The van der Waals surface area contributed by atoms with E-state index >= 15 is 0 Å². The van der Waals surface area contributed by atoms with E-state index in [2.05, 4.69) is 5.32 Å².